The van der Waals surface area contributed by atoms with Crippen LogP contribution in [0.4, 0.5) is 0 Å². The number of carbonyl (C=O) groups excluding carboxylic acids is 1. The number of aromatic nitrogens is 2. The van der Waals surface area contributed by atoms with E-state index in [4.69, 9.17) is 10.5 Å². The molecule has 1 aromatic heterocycles. The van der Waals surface area contributed by atoms with Crippen molar-refractivity contribution in [3.8, 4) is 0 Å². The second kappa shape index (κ2) is 6.49. The van der Waals surface area contributed by atoms with Gasteiger partial charge in [0.15, 0.2) is 5.16 Å². The molecule has 1 heterocycles. The first-order chi connectivity index (χ1) is 9.92. The van der Waals surface area contributed by atoms with E-state index in [-0.39, 0.29) is 11.2 Å². The zero-order valence-corrected chi connectivity index (χ0v) is 13.4. The minimum absolute atomic E-state index is 0.143. The standard InChI is InChI=1S/C15H21N3O2S/c1-4-20-13(19)15(3,16)9-10(2)21-14-17-11-7-5-6-8-12(11)18-14/h5-8,10H,4,9,16H2,1-3H3,(H,17,18). The van der Waals surface area contributed by atoms with Crippen LogP contribution in [-0.4, -0.2) is 33.3 Å². The Morgan fingerprint density at radius 3 is 2.90 bits per heavy atom. The highest BCUT2D eigenvalue weighted by Crippen LogP contribution is 2.28. The van der Waals surface area contributed by atoms with Crippen LogP contribution < -0.4 is 5.73 Å². The number of nitrogens with one attached hydrogen (secondary N) is 1. The molecule has 2 atom stereocenters. The first kappa shape index (κ1) is 15.9. The van der Waals surface area contributed by atoms with Crippen LogP contribution in [0.1, 0.15) is 27.2 Å². The molecule has 2 aromatic rings. The van der Waals surface area contributed by atoms with Crippen LogP contribution >= 0.6 is 11.8 Å². The van der Waals surface area contributed by atoms with Gasteiger partial charge in [-0.1, -0.05) is 30.8 Å². The lowest BCUT2D eigenvalue weighted by Gasteiger charge is -2.24. The lowest BCUT2D eigenvalue weighted by molar-refractivity contribution is -0.149. The number of hydrogen-bond acceptors (Lipinski definition) is 5. The fourth-order valence-corrected chi connectivity index (χ4v) is 3.32. The van der Waals surface area contributed by atoms with Crippen molar-refractivity contribution in [3.63, 3.8) is 0 Å². The molecule has 0 aliphatic rings. The van der Waals surface area contributed by atoms with E-state index in [1.54, 1.807) is 25.6 Å². The number of hydrogen-bond donors (Lipinski definition) is 2. The quantitative estimate of drug-likeness (QED) is 0.633. The van der Waals surface area contributed by atoms with Gasteiger partial charge < -0.3 is 15.5 Å². The molecule has 0 saturated carbocycles. The number of thioether (sulfide) groups is 1. The molecule has 2 unspecified atom stereocenters. The number of nitrogens with two attached hydrogens (primary N) is 1. The number of imidazole rings is 1. The Morgan fingerprint density at radius 1 is 1.52 bits per heavy atom. The van der Waals surface area contributed by atoms with Crippen LogP contribution in [0.2, 0.25) is 0 Å². The number of para-hydroxylation sites is 2. The molecule has 1 aromatic carbocycles. The fourth-order valence-electron chi connectivity index (χ4n) is 2.19. The molecule has 0 radical (unpaired) electrons. The Labute approximate surface area is 128 Å². The molecule has 2 rings (SSSR count). The summed E-state index contributed by atoms with van der Waals surface area (Å²) in [5.41, 5.74) is 7.03. The molecule has 0 spiro atoms. The predicted octanol–water partition coefficient (Wildman–Crippen LogP) is 2.71. The second-order valence-corrected chi connectivity index (χ2v) is 6.76. The van der Waals surface area contributed by atoms with Gasteiger partial charge in [0.05, 0.1) is 17.6 Å². The summed E-state index contributed by atoms with van der Waals surface area (Å²) in [4.78, 5) is 19.6. The molecule has 114 valence electrons. The number of carbonyl (C=O) groups is 1. The summed E-state index contributed by atoms with van der Waals surface area (Å²) in [6.45, 7) is 5.86. The van der Waals surface area contributed by atoms with E-state index >= 15 is 0 Å². The van der Waals surface area contributed by atoms with Gasteiger partial charge in [0.1, 0.15) is 5.54 Å². The van der Waals surface area contributed by atoms with Gasteiger partial charge >= 0.3 is 5.97 Å². The number of esters is 1. The zero-order chi connectivity index (χ0) is 15.5. The minimum Gasteiger partial charge on any atom is -0.465 e. The monoisotopic (exact) mass is 307 g/mol. The highest BCUT2D eigenvalue weighted by Gasteiger charge is 2.32. The van der Waals surface area contributed by atoms with Crippen LogP contribution in [-0.2, 0) is 9.53 Å². The van der Waals surface area contributed by atoms with Crippen LogP contribution in [0.5, 0.6) is 0 Å². The minimum atomic E-state index is -0.978. The molecule has 21 heavy (non-hydrogen) atoms. The van der Waals surface area contributed by atoms with E-state index in [1.807, 2.05) is 31.2 Å². The molecule has 0 fully saturated rings. The maximum Gasteiger partial charge on any atom is 0.325 e. The Balaban J connectivity index is 2.00. The number of fused-ring (bicyclic) bond motifs is 1. The van der Waals surface area contributed by atoms with E-state index in [0.717, 1.165) is 16.2 Å². The van der Waals surface area contributed by atoms with Crippen molar-refractivity contribution in [1.29, 1.82) is 0 Å². The Bertz CT molecular complexity index is 591. The predicted molar refractivity (Wildman–Crippen MR) is 85.3 cm³/mol. The van der Waals surface area contributed by atoms with Crippen molar-refractivity contribution in [2.45, 2.75) is 43.1 Å². The summed E-state index contributed by atoms with van der Waals surface area (Å²) in [6, 6.07) is 7.88. The lowest BCUT2D eigenvalue weighted by Crippen LogP contribution is -2.47. The summed E-state index contributed by atoms with van der Waals surface area (Å²) >= 11 is 1.58. The normalized spacial score (nSPS) is 15.6. The summed E-state index contributed by atoms with van der Waals surface area (Å²) in [5.74, 6) is -0.359. The molecule has 0 aliphatic heterocycles. The maximum absolute atomic E-state index is 11.8. The molecule has 5 nitrogen and oxygen atoms in total. The van der Waals surface area contributed by atoms with Crippen LogP contribution in [0, 0.1) is 0 Å². The van der Waals surface area contributed by atoms with Gasteiger partial charge in [-0.25, -0.2) is 4.98 Å². The molecule has 0 amide bonds. The van der Waals surface area contributed by atoms with Crippen molar-refractivity contribution < 1.29 is 9.53 Å². The van der Waals surface area contributed by atoms with Crippen molar-refractivity contribution in [2.24, 2.45) is 5.73 Å². The van der Waals surface area contributed by atoms with E-state index < -0.39 is 5.54 Å². The number of ether oxygens (including phenoxy) is 1. The maximum atomic E-state index is 11.8. The molecular formula is C15H21N3O2S. The number of H-pyrrole nitrogens is 1. The lowest BCUT2D eigenvalue weighted by atomic mass is 9.98. The van der Waals surface area contributed by atoms with Crippen molar-refractivity contribution in [3.05, 3.63) is 24.3 Å². The van der Waals surface area contributed by atoms with Crippen molar-refractivity contribution in [1.82, 2.24) is 9.97 Å². The first-order valence-electron chi connectivity index (χ1n) is 7.00. The average molecular weight is 307 g/mol. The molecule has 0 saturated heterocycles. The van der Waals surface area contributed by atoms with Gasteiger partial charge in [-0.15, -0.1) is 0 Å². The average Bonchev–Trinajstić information content (AvgIpc) is 2.80. The topological polar surface area (TPSA) is 81.0 Å². The number of nitrogens with zero attached hydrogens (tertiary/aromatic N) is 1. The molecule has 6 heteroatoms. The fraction of sp³-hybridized carbons (Fsp3) is 0.467. The number of rotatable bonds is 6. The van der Waals surface area contributed by atoms with Gasteiger partial charge in [-0.2, -0.15) is 0 Å². The van der Waals surface area contributed by atoms with E-state index in [2.05, 4.69) is 9.97 Å². The summed E-state index contributed by atoms with van der Waals surface area (Å²) in [6.07, 6.45) is 0.521. The van der Waals surface area contributed by atoms with Crippen molar-refractivity contribution in [2.75, 3.05) is 6.61 Å². The summed E-state index contributed by atoms with van der Waals surface area (Å²) in [7, 11) is 0. The second-order valence-electron chi connectivity index (χ2n) is 5.33. The van der Waals surface area contributed by atoms with Crippen LogP contribution in [0.15, 0.2) is 29.4 Å². The third-order valence-corrected chi connectivity index (χ3v) is 4.12. The Morgan fingerprint density at radius 2 is 2.24 bits per heavy atom. The van der Waals surface area contributed by atoms with Gasteiger partial charge in [0.25, 0.3) is 0 Å². The number of benzene rings is 1. The summed E-state index contributed by atoms with van der Waals surface area (Å²) < 4.78 is 5.01. The Kier molecular flexibility index (Phi) is 4.90. The SMILES string of the molecule is CCOC(=O)C(C)(N)CC(C)Sc1nc2ccccc2[nH]1. The first-order valence-corrected chi connectivity index (χ1v) is 7.88. The Hall–Kier alpha value is -1.53. The van der Waals surface area contributed by atoms with E-state index in [0.29, 0.717) is 13.0 Å². The molecule has 3 N–H and O–H groups in total. The van der Waals surface area contributed by atoms with Crippen LogP contribution in [0.25, 0.3) is 11.0 Å². The number of aromatic amines is 1. The van der Waals surface area contributed by atoms with Crippen molar-refractivity contribution >= 4 is 28.8 Å². The highest BCUT2D eigenvalue weighted by atomic mass is 32.2. The molecular weight excluding hydrogens is 286 g/mol. The van der Waals surface area contributed by atoms with Crippen LogP contribution in [0.3, 0.4) is 0 Å². The van der Waals surface area contributed by atoms with Gasteiger partial charge in [0, 0.05) is 5.25 Å². The molecule has 0 aliphatic carbocycles. The third kappa shape index (κ3) is 3.98. The van der Waals surface area contributed by atoms with E-state index in [9.17, 15) is 4.79 Å². The van der Waals surface area contributed by atoms with E-state index in [1.165, 1.54) is 0 Å². The van der Waals surface area contributed by atoms with Gasteiger partial charge in [0.2, 0.25) is 0 Å². The van der Waals surface area contributed by atoms with Gasteiger partial charge in [-0.05, 0) is 32.4 Å². The van der Waals surface area contributed by atoms with Gasteiger partial charge in [-0.3, -0.25) is 4.79 Å². The summed E-state index contributed by atoms with van der Waals surface area (Å²) in [5, 5.41) is 0.980. The largest absolute Gasteiger partial charge is 0.465 e. The third-order valence-electron chi connectivity index (χ3n) is 3.13. The zero-order valence-electron chi connectivity index (χ0n) is 12.6. The smallest absolute Gasteiger partial charge is 0.325 e. The molecule has 0 bridgehead atoms. The highest BCUT2D eigenvalue weighted by molar-refractivity contribution is 7.99.